The van der Waals surface area contributed by atoms with Crippen LogP contribution in [0.5, 0.6) is 0 Å². The molecule has 0 bridgehead atoms. The van der Waals surface area contributed by atoms with Gasteiger partial charge in [-0.2, -0.15) is 17.9 Å². The summed E-state index contributed by atoms with van der Waals surface area (Å²) in [4.78, 5) is 0. The minimum Gasteiger partial charge on any atom is -0.197 e. The molecule has 1 aliphatic carbocycles. The summed E-state index contributed by atoms with van der Waals surface area (Å²) in [6.07, 6.45) is 3.14. The van der Waals surface area contributed by atoms with Gasteiger partial charge in [-0.05, 0) is 19.3 Å². The average Bonchev–Trinajstić information content (AvgIpc) is 1.61. The molecule has 0 amide bonds. The maximum atomic E-state index is 8.32. The Kier molecular flexibility index (Phi) is 1.01. The molecule has 0 unspecified atom stereocenters. The Morgan fingerprint density at radius 2 is 2.14 bits per heavy atom. The highest BCUT2D eigenvalue weighted by molar-refractivity contribution is 7.82. The Bertz CT molecular complexity index is 110. The van der Waals surface area contributed by atoms with Crippen molar-refractivity contribution in [2.24, 2.45) is 0 Å². The Morgan fingerprint density at radius 1 is 1.57 bits per heavy atom. The van der Waals surface area contributed by atoms with E-state index in [9.17, 15) is 0 Å². The van der Waals surface area contributed by atoms with Crippen molar-refractivity contribution in [2.75, 3.05) is 0 Å². The van der Waals surface area contributed by atoms with Crippen LogP contribution in [0.1, 0.15) is 19.3 Å². The first-order chi connectivity index (χ1) is 3.27. The topological polar surface area (TPSA) is 23.8 Å². The van der Waals surface area contributed by atoms with Crippen LogP contribution in [0.25, 0.3) is 0 Å². The number of hydrogen-bond donors (Lipinski definition) is 1. The smallest absolute Gasteiger partial charge is 0.0995 e. The van der Waals surface area contributed by atoms with Crippen molar-refractivity contribution in [3.8, 4) is 6.07 Å². The molecule has 0 heterocycles. The molecule has 0 aliphatic heterocycles. The molecule has 7 heavy (non-hydrogen) atoms. The molecular formula is C5H7NS. The third-order valence-corrected chi connectivity index (χ3v) is 1.94. The predicted molar refractivity (Wildman–Crippen MR) is 31.2 cm³/mol. The molecule has 1 aliphatic rings. The molecule has 0 saturated heterocycles. The van der Waals surface area contributed by atoms with Crippen molar-refractivity contribution in [1.29, 1.82) is 5.26 Å². The minimum atomic E-state index is -0.236. The largest absolute Gasteiger partial charge is 0.197 e. The van der Waals surface area contributed by atoms with Gasteiger partial charge in [0, 0.05) is 0 Å². The molecule has 0 spiro atoms. The van der Waals surface area contributed by atoms with E-state index in [0.717, 1.165) is 12.8 Å². The normalized spacial score (nSPS) is 25.1. The molecular weight excluding hydrogens is 106 g/mol. The van der Waals surface area contributed by atoms with Crippen molar-refractivity contribution < 1.29 is 0 Å². The lowest BCUT2D eigenvalue weighted by atomic mass is 9.86. The van der Waals surface area contributed by atoms with E-state index in [0.29, 0.717) is 0 Å². The van der Waals surface area contributed by atoms with Crippen LogP contribution < -0.4 is 0 Å². The summed E-state index contributed by atoms with van der Waals surface area (Å²) in [5.41, 5.74) is 0. The van der Waals surface area contributed by atoms with Gasteiger partial charge >= 0.3 is 0 Å². The van der Waals surface area contributed by atoms with Crippen LogP contribution in [-0.2, 0) is 0 Å². The number of nitrogens with zero attached hydrogens (tertiary/aromatic N) is 1. The second kappa shape index (κ2) is 1.41. The van der Waals surface area contributed by atoms with Crippen molar-refractivity contribution in [2.45, 2.75) is 24.0 Å². The maximum Gasteiger partial charge on any atom is 0.0995 e. The van der Waals surface area contributed by atoms with Gasteiger partial charge in [-0.25, -0.2) is 0 Å². The van der Waals surface area contributed by atoms with Gasteiger partial charge in [0.25, 0.3) is 0 Å². The number of rotatable bonds is 0. The second-order valence-electron chi connectivity index (χ2n) is 2.00. The molecule has 0 aromatic rings. The summed E-state index contributed by atoms with van der Waals surface area (Å²) in [6, 6.07) is 2.14. The van der Waals surface area contributed by atoms with Gasteiger partial charge in [-0.1, -0.05) is 0 Å². The van der Waals surface area contributed by atoms with E-state index in [1.54, 1.807) is 0 Å². The summed E-state index contributed by atoms with van der Waals surface area (Å²) in [5, 5.41) is 8.32. The lowest BCUT2D eigenvalue weighted by Gasteiger charge is -2.28. The summed E-state index contributed by atoms with van der Waals surface area (Å²) in [6.45, 7) is 0. The quantitative estimate of drug-likeness (QED) is 0.471. The fourth-order valence-electron chi connectivity index (χ4n) is 0.623. The SMILES string of the molecule is N#CC1(S)CCC1. The van der Waals surface area contributed by atoms with E-state index in [4.69, 9.17) is 5.26 Å². The average molecular weight is 113 g/mol. The summed E-state index contributed by atoms with van der Waals surface area (Å²) in [7, 11) is 0. The van der Waals surface area contributed by atoms with Gasteiger partial charge in [0.15, 0.2) is 0 Å². The summed E-state index contributed by atoms with van der Waals surface area (Å²) in [5.74, 6) is 0. The summed E-state index contributed by atoms with van der Waals surface area (Å²) >= 11 is 4.11. The van der Waals surface area contributed by atoms with Gasteiger partial charge < -0.3 is 0 Å². The highest BCUT2D eigenvalue weighted by Crippen LogP contribution is 2.36. The van der Waals surface area contributed by atoms with Crippen molar-refractivity contribution >= 4 is 12.6 Å². The molecule has 0 aromatic carbocycles. The van der Waals surface area contributed by atoms with Crippen LogP contribution in [-0.4, -0.2) is 4.75 Å². The lowest BCUT2D eigenvalue weighted by Crippen LogP contribution is -2.27. The van der Waals surface area contributed by atoms with Gasteiger partial charge in [-0.3, -0.25) is 0 Å². The van der Waals surface area contributed by atoms with E-state index >= 15 is 0 Å². The summed E-state index contributed by atoms with van der Waals surface area (Å²) < 4.78 is -0.236. The molecule has 1 saturated carbocycles. The molecule has 38 valence electrons. The van der Waals surface area contributed by atoms with Crippen LogP contribution in [0.3, 0.4) is 0 Å². The zero-order valence-electron chi connectivity index (χ0n) is 4.02. The number of thiol groups is 1. The molecule has 1 nitrogen and oxygen atoms in total. The first-order valence-electron chi connectivity index (χ1n) is 2.40. The monoisotopic (exact) mass is 113 g/mol. The third-order valence-electron chi connectivity index (χ3n) is 1.39. The molecule has 0 atom stereocenters. The zero-order valence-corrected chi connectivity index (χ0v) is 4.91. The predicted octanol–water partition coefficient (Wildman–Crippen LogP) is 1.36. The molecule has 1 fully saturated rings. The van der Waals surface area contributed by atoms with Gasteiger partial charge in [0.1, 0.15) is 0 Å². The van der Waals surface area contributed by atoms with Crippen molar-refractivity contribution in [3.05, 3.63) is 0 Å². The fourth-order valence-corrected chi connectivity index (χ4v) is 0.940. The molecule has 0 radical (unpaired) electrons. The first kappa shape index (κ1) is 4.99. The van der Waals surface area contributed by atoms with Crippen LogP contribution >= 0.6 is 12.6 Å². The van der Waals surface area contributed by atoms with Crippen LogP contribution in [0.4, 0.5) is 0 Å². The van der Waals surface area contributed by atoms with Crippen molar-refractivity contribution in [1.82, 2.24) is 0 Å². The lowest BCUT2D eigenvalue weighted by molar-refractivity contribution is 0.444. The Balaban J connectivity index is 2.48. The highest BCUT2D eigenvalue weighted by atomic mass is 32.1. The molecule has 0 aromatic heterocycles. The fraction of sp³-hybridized carbons (Fsp3) is 0.800. The van der Waals surface area contributed by atoms with Gasteiger partial charge in [-0.15, -0.1) is 0 Å². The Hall–Kier alpha value is -0.160. The van der Waals surface area contributed by atoms with E-state index in [2.05, 4.69) is 18.7 Å². The van der Waals surface area contributed by atoms with Gasteiger partial charge in [0.05, 0.1) is 10.8 Å². The Morgan fingerprint density at radius 3 is 2.14 bits per heavy atom. The van der Waals surface area contributed by atoms with Crippen molar-refractivity contribution in [3.63, 3.8) is 0 Å². The van der Waals surface area contributed by atoms with E-state index in [-0.39, 0.29) is 4.75 Å². The molecule has 1 rings (SSSR count). The number of hydrogen-bond acceptors (Lipinski definition) is 2. The second-order valence-corrected chi connectivity index (χ2v) is 2.85. The maximum absolute atomic E-state index is 8.32. The first-order valence-corrected chi connectivity index (χ1v) is 2.85. The zero-order chi connectivity index (χ0) is 5.33. The standard InChI is InChI=1S/C5H7NS/c6-4-5(7)2-1-3-5/h7H,1-3H2. The van der Waals surface area contributed by atoms with Gasteiger partial charge in [0.2, 0.25) is 0 Å². The third kappa shape index (κ3) is 0.733. The van der Waals surface area contributed by atoms with E-state index in [1.165, 1.54) is 6.42 Å². The molecule has 2 heteroatoms. The highest BCUT2D eigenvalue weighted by Gasteiger charge is 2.32. The molecule has 0 N–H and O–H groups in total. The van der Waals surface area contributed by atoms with Crippen LogP contribution in [0.2, 0.25) is 0 Å². The van der Waals surface area contributed by atoms with Crippen LogP contribution in [0.15, 0.2) is 0 Å². The van der Waals surface area contributed by atoms with E-state index < -0.39 is 0 Å². The Labute approximate surface area is 48.7 Å². The minimum absolute atomic E-state index is 0.236. The van der Waals surface area contributed by atoms with E-state index in [1.807, 2.05) is 0 Å². The van der Waals surface area contributed by atoms with Crippen LogP contribution in [0, 0.1) is 11.3 Å². The number of nitriles is 1.